The molecular weight excluding hydrogens is 428 g/mol. The van der Waals surface area contributed by atoms with E-state index in [1.54, 1.807) is 6.92 Å². The maximum absolute atomic E-state index is 12.6. The second-order valence-corrected chi connectivity index (χ2v) is 9.38. The molecule has 0 saturated heterocycles. The molecule has 10 heteroatoms. The van der Waals surface area contributed by atoms with Gasteiger partial charge in [-0.05, 0) is 11.4 Å². The van der Waals surface area contributed by atoms with E-state index < -0.39 is 17.3 Å². The second-order valence-electron chi connectivity index (χ2n) is 9.38. The van der Waals surface area contributed by atoms with E-state index in [0.717, 1.165) is 0 Å². The molecule has 33 heavy (non-hydrogen) atoms. The highest BCUT2D eigenvalue weighted by atomic mass is 16.5. The number of carbonyl (C=O) groups is 3. The monoisotopic (exact) mass is 470 g/mol. The summed E-state index contributed by atoms with van der Waals surface area (Å²) in [6, 6.07) is 0. The van der Waals surface area contributed by atoms with Crippen LogP contribution in [0.5, 0.6) is 0 Å². The van der Waals surface area contributed by atoms with Crippen molar-refractivity contribution in [2.24, 2.45) is 28.3 Å². The van der Waals surface area contributed by atoms with Crippen LogP contribution in [-0.4, -0.2) is 70.2 Å². The first-order valence-electron chi connectivity index (χ1n) is 11.6. The molecule has 10 nitrogen and oxygen atoms in total. The van der Waals surface area contributed by atoms with Crippen molar-refractivity contribution in [2.45, 2.75) is 54.4 Å². The van der Waals surface area contributed by atoms with Crippen LogP contribution in [0.1, 0.15) is 54.4 Å². The number of amides is 1. The minimum atomic E-state index is -0.476. The van der Waals surface area contributed by atoms with Gasteiger partial charge in [0, 0.05) is 48.1 Å². The number of ether oxygens (including phenoxy) is 3. The number of nitrogens with zero attached hydrogens (tertiary/aromatic N) is 3. The Morgan fingerprint density at radius 1 is 0.909 bits per heavy atom. The molecule has 0 unspecified atom stereocenters. The summed E-state index contributed by atoms with van der Waals surface area (Å²) in [6.45, 7) is 14.1. The Balaban J connectivity index is 4.08. The standard InChI is InChI=1S/C23H42N4O6/c1-17(2)19(16-20(28)18(3)15-21(29)23(4,5)6)22(30)25-7-9-31-11-13-33-14-12-32-10-8-26-27-24/h17-19H,7-16H2,1-6H3,(H,25,30)/t18-,19+/m0/s1. The topological polar surface area (TPSA) is 140 Å². The second kappa shape index (κ2) is 17.5. The van der Waals surface area contributed by atoms with Gasteiger partial charge < -0.3 is 19.5 Å². The van der Waals surface area contributed by atoms with Gasteiger partial charge in [-0.1, -0.05) is 46.7 Å². The molecule has 0 aliphatic carbocycles. The summed E-state index contributed by atoms with van der Waals surface area (Å²) in [5.74, 6) is -1.02. The predicted molar refractivity (Wildman–Crippen MR) is 126 cm³/mol. The van der Waals surface area contributed by atoms with Crippen LogP contribution in [-0.2, 0) is 28.6 Å². The van der Waals surface area contributed by atoms with E-state index in [0.29, 0.717) is 52.7 Å². The third-order valence-electron chi connectivity index (χ3n) is 5.13. The fourth-order valence-electron chi connectivity index (χ4n) is 2.82. The van der Waals surface area contributed by atoms with E-state index >= 15 is 0 Å². The normalized spacial score (nSPS) is 13.3. The first-order valence-corrected chi connectivity index (χ1v) is 11.6. The lowest BCUT2D eigenvalue weighted by molar-refractivity contribution is -0.134. The van der Waals surface area contributed by atoms with Crippen LogP contribution in [0, 0.1) is 23.2 Å². The zero-order chi connectivity index (χ0) is 25.3. The van der Waals surface area contributed by atoms with E-state index in [1.165, 1.54) is 0 Å². The Hall–Kier alpha value is -2.00. The summed E-state index contributed by atoms with van der Waals surface area (Å²) in [5.41, 5.74) is 7.65. The van der Waals surface area contributed by atoms with Gasteiger partial charge in [0.05, 0.1) is 39.6 Å². The summed E-state index contributed by atoms with van der Waals surface area (Å²) in [6.07, 6.45) is 0.328. The molecule has 2 atom stereocenters. The van der Waals surface area contributed by atoms with Crippen LogP contribution < -0.4 is 5.32 Å². The lowest BCUT2D eigenvalue weighted by Gasteiger charge is -2.23. The van der Waals surface area contributed by atoms with Gasteiger partial charge in [-0.3, -0.25) is 14.4 Å². The molecule has 0 bridgehead atoms. The lowest BCUT2D eigenvalue weighted by atomic mass is 9.81. The van der Waals surface area contributed by atoms with E-state index in [9.17, 15) is 14.4 Å². The molecule has 0 aromatic rings. The lowest BCUT2D eigenvalue weighted by Crippen LogP contribution is -2.37. The maximum Gasteiger partial charge on any atom is 0.223 e. The molecule has 0 radical (unpaired) electrons. The fourth-order valence-corrected chi connectivity index (χ4v) is 2.82. The van der Waals surface area contributed by atoms with E-state index in [-0.39, 0.29) is 36.2 Å². The first-order chi connectivity index (χ1) is 15.5. The molecule has 0 fully saturated rings. The number of azide groups is 1. The van der Waals surface area contributed by atoms with Gasteiger partial charge in [-0.2, -0.15) is 0 Å². The highest BCUT2D eigenvalue weighted by molar-refractivity contribution is 5.92. The van der Waals surface area contributed by atoms with Crippen LogP contribution in [0.2, 0.25) is 0 Å². The number of Topliss-reactive ketones (excluding diaryl/α,β-unsaturated/α-hetero) is 2. The van der Waals surface area contributed by atoms with Gasteiger partial charge >= 0.3 is 0 Å². The molecule has 0 aliphatic heterocycles. The van der Waals surface area contributed by atoms with Gasteiger partial charge in [-0.15, -0.1) is 0 Å². The van der Waals surface area contributed by atoms with Crippen molar-refractivity contribution in [3.8, 4) is 0 Å². The maximum atomic E-state index is 12.6. The van der Waals surface area contributed by atoms with Crippen molar-refractivity contribution in [3.63, 3.8) is 0 Å². The molecule has 0 rings (SSSR count). The third-order valence-corrected chi connectivity index (χ3v) is 5.13. The minimum Gasteiger partial charge on any atom is -0.379 e. The Kier molecular flexibility index (Phi) is 16.4. The van der Waals surface area contributed by atoms with Crippen molar-refractivity contribution < 1.29 is 28.6 Å². The largest absolute Gasteiger partial charge is 0.379 e. The molecule has 1 amide bonds. The van der Waals surface area contributed by atoms with Gasteiger partial charge in [0.15, 0.2) is 0 Å². The summed E-state index contributed by atoms with van der Waals surface area (Å²) < 4.78 is 16.0. The van der Waals surface area contributed by atoms with Crippen LogP contribution in [0.25, 0.3) is 10.4 Å². The average molecular weight is 471 g/mol. The van der Waals surface area contributed by atoms with Crippen molar-refractivity contribution >= 4 is 17.5 Å². The van der Waals surface area contributed by atoms with Crippen molar-refractivity contribution in [2.75, 3.05) is 52.7 Å². The van der Waals surface area contributed by atoms with Crippen molar-refractivity contribution in [1.82, 2.24) is 5.32 Å². The predicted octanol–water partition coefficient (Wildman–Crippen LogP) is 3.34. The van der Waals surface area contributed by atoms with Crippen molar-refractivity contribution in [3.05, 3.63) is 10.4 Å². The molecule has 1 N–H and O–H groups in total. The zero-order valence-electron chi connectivity index (χ0n) is 21.1. The number of rotatable bonds is 19. The fraction of sp³-hybridized carbons (Fsp3) is 0.870. The number of ketones is 2. The Morgan fingerprint density at radius 2 is 1.45 bits per heavy atom. The van der Waals surface area contributed by atoms with Crippen LogP contribution >= 0.6 is 0 Å². The Bertz CT molecular complexity index is 641. The van der Waals surface area contributed by atoms with Crippen molar-refractivity contribution in [1.29, 1.82) is 0 Å². The number of hydrogen-bond donors (Lipinski definition) is 1. The summed E-state index contributed by atoms with van der Waals surface area (Å²) in [4.78, 5) is 40.0. The molecule has 0 heterocycles. The molecule has 0 aromatic heterocycles. The first kappa shape index (κ1) is 31.0. The number of nitrogens with one attached hydrogen (secondary N) is 1. The molecule has 0 aliphatic rings. The van der Waals surface area contributed by atoms with Gasteiger partial charge in [0.25, 0.3) is 0 Å². The zero-order valence-corrected chi connectivity index (χ0v) is 21.1. The van der Waals surface area contributed by atoms with E-state index in [2.05, 4.69) is 15.3 Å². The molecule has 0 aromatic carbocycles. The molecule has 0 saturated carbocycles. The number of carbonyl (C=O) groups excluding carboxylic acids is 3. The van der Waals surface area contributed by atoms with E-state index in [1.807, 2.05) is 34.6 Å². The highest BCUT2D eigenvalue weighted by Crippen LogP contribution is 2.23. The van der Waals surface area contributed by atoms with Gasteiger partial charge in [0.1, 0.15) is 11.6 Å². The Morgan fingerprint density at radius 3 is 1.97 bits per heavy atom. The van der Waals surface area contributed by atoms with Gasteiger partial charge in [0.2, 0.25) is 5.91 Å². The van der Waals surface area contributed by atoms with Crippen LogP contribution in [0.4, 0.5) is 0 Å². The molecule has 190 valence electrons. The molecular formula is C23H42N4O6. The SMILES string of the molecule is CC(C)[C@@H](CC(=O)[C@@H](C)CC(=O)C(C)(C)C)C(=O)NCCOCCOCCOCCN=[N+]=[N-]. The van der Waals surface area contributed by atoms with E-state index in [4.69, 9.17) is 19.7 Å². The highest BCUT2D eigenvalue weighted by Gasteiger charge is 2.30. The quantitative estimate of drug-likeness (QED) is 0.133. The minimum absolute atomic E-state index is 0.00251. The number of hydrogen-bond acceptors (Lipinski definition) is 7. The summed E-state index contributed by atoms with van der Waals surface area (Å²) >= 11 is 0. The van der Waals surface area contributed by atoms with Crippen LogP contribution in [0.15, 0.2) is 5.11 Å². The Labute approximate surface area is 197 Å². The van der Waals surface area contributed by atoms with Crippen LogP contribution in [0.3, 0.4) is 0 Å². The van der Waals surface area contributed by atoms with Gasteiger partial charge in [-0.25, -0.2) is 0 Å². The smallest absolute Gasteiger partial charge is 0.223 e. The molecule has 0 spiro atoms. The third kappa shape index (κ3) is 15.5. The summed E-state index contributed by atoms with van der Waals surface area (Å²) in [5, 5.41) is 6.19. The summed E-state index contributed by atoms with van der Waals surface area (Å²) in [7, 11) is 0. The average Bonchev–Trinajstić information content (AvgIpc) is 2.73.